The highest BCUT2D eigenvalue weighted by molar-refractivity contribution is 7.09. The summed E-state index contributed by atoms with van der Waals surface area (Å²) in [7, 11) is 0. The number of carbonyl (C=O) groups excluding carboxylic acids is 1. The molecule has 25 heavy (non-hydrogen) atoms. The molecule has 1 atom stereocenters. The minimum absolute atomic E-state index is 0.0684. The third-order valence-corrected chi connectivity index (χ3v) is 5.71. The van der Waals surface area contributed by atoms with E-state index in [9.17, 15) is 4.79 Å². The van der Waals surface area contributed by atoms with Gasteiger partial charge >= 0.3 is 0 Å². The summed E-state index contributed by atoms with van der Waals surface area (Å²) in [5.41, 5.74) is 1.03. The molecule has 0 aliphatic carbocycles. The summed E-state index contributed by atoms with van der Waals surface area (Å²) in [5.74, 6) is 0.309. The number of carbonyl (C=O) groups is 1. The Morgan fingerprint density at radius 2 is 2.20 bits per heavy atom. The lowest BCUT2D eigenvalue weighted by atomic mass is 10.1. The van der Waals surface area contributed by atoms with Gasteiger partial charge in [-0.1, -0.05) is 29.8 Å². The van der Waals surface area contributed by atoms with Gasteiger partial charge in [0.1, 0.15) is 6.26 Å². The molecule has 1 amide bonds. The summed E-state index contributed by atoms with van der Waals surface area (Å²) in [5, 5.41) is 2.63. The number of benzene rings is 1. The van der Waals surface area contributed by atoms with Crippen LogP contribution in [-0.4, -0.2) is 28.4 Å². The Bertz CT molecular complexity index is 875. The van der Waals surface area contributed by atoms with Crippen molar-refractivity contribution in [1.29, 1.82) is 0 Å². The lowest BCUT2D eigenvalue weighted by Crippen LogP contribution is -2.36. The van der Waals surface area contributed by atoms with Gasteiger partial charge < -0.3 is 9.32 Å². The Balaban J connectivity index is 1.54. The number of aromatic nitrogens is 1. The SMILES string of the molecule is O=C(c1coc(-c2ccccc2Cl)n1)N1CCC[C@H]1Cc1cccs1. The molecule has 0 radical (unpaired) electrons. The van der Waals surface area contributed by atoms with Crippen molar-refractivity contribution >= 4 is 28.8 Å². The number of thiophene rings is 1. The van der Waals surface area contributed by atoms with E-state index in [1.165, 1.54) is 11.1 Å². The van der Waals surface area contributed by atoms with Crippen molar-refractivity contribution in [3.8, 4) is 11.5 Å². The molecule has 4 nitrogen and oxygen atoms in total. The lowest BCUT2D eigenvalue weighted by Gasteiger charge is -2.23. The summed E-state index contributed by atoms with van der Waals surface area (Å²) in [4.78, 5) is 20.5. The zero-order chi connectivity index (χ0) is 17.2. The van der Waals surface area contributed by atoms with Crippen LogP contribution in [0.3, 0.4) is 0 Å². The molecule has 1 fully saturated rings. The maximum absolute atomic E-state index is 12.9. The maximum atomic E-state index is 12.9. The number of hydrogen-bond donors (Lipinski definition) is 0. The first-order valence-electron chi connectivity index (χ1n) is 8.26. The molecular formula is C19H17ClN2O2S. The fraction of sp³-hybridized carbons (Fsp3) is 0.263. The van der Waals surface area contributed by atoms with E-state index in [4.69, 9.17) is 16.0 Å². The molecule has 1 saturated heterocycles. The molecule has 3 heterocycles. The number of nitrogens with zero attached hydrogens (tertiary/aromatic N) is 2. The van der Waals surface area contributed by atoms with Crippen LogP contribution in [-0.2, 0) is 6.42 Å². The van der Waals surface area contributed by atoms with E-state index in [1.54, 1.807) is 17.4 Å². The predicted octanol–water partition coefficient (Wildman–Crippen LogP) is 4.90. The van der Waals surface area contributed by atoms with Crippen LogP contribution in [0.25, 0.3) is 11.5 Å². The number of hydrogen-bond acceptors (Lipinski definition) is 4. The molecule has 0 bridgehead atoms. The summed E-state index contributed by atoms with van der Waals surface area (Å²) < 4.78 is 5.51. The summed E-state index contributed by atoms with van der Waals surface area (Å²) in [6.45, 7) is 0.767. The molecule has 1 aliphatic rings. The monoisotopic (exact) mass is 372 g/mol. The van der Waals surface area contributed by atoms with Crippen molar-refractivity contribution in [3.63, 3.8) is 0 Å². The second kappa shape index (κ2) is 7.02. The fourth-order valence-electron chi connectivity index (χ4n) is 3.25. The van der Waals surface area contributed by atoms with Gasteiger partial charge in [-0.25, -0.2) is 4.98 Å². The second-order valence-electron chi connectivity index (χ2n) is 6.10. The van der Waals surface area contributed by atoms with Crippen LogP contribution in [0.1, 0.15) is 28.2 Å². The highest BCUT2D eigenvalue weighted by atomic mass is 35.5. The van der Waals surface area contributed by atoms with Gasteiger partial charge in [0.25, 0.3) is 5.91 Å². The van der Waals surface area contributed by atoms with E-state index < -0.39 is 0 Å². The summed E-state index contributed by atoms with van der Waals surface area (Å²) >= 11 is 7.92. The molecule has 1 aliphatic heterocycles. The van der Waals surface area contributed by atoms with Crippen molar-refractivity contribution in [2.24, 2.45) is 0 Å². The molecule has 128 valence electrons. The van der Waals surface area contributed by atoms with Crippen LogP contribution in [0.4, 0.5) is 0 Å². The molecule has 1 aromatic carbocycles. The fourth-order valence-corrected chi connectivity index (χ4v) is 4.25. The van der Waals surface area contributed by atoms with Crippen LogP contribution in [0, 0.1) is 0 Å². The standard InChI is InChI=1S/C19H17ClN2O2S/c20-16-8-2-1-7-15(16)18-21-17(12-24-18)19(23)22-9-3-5-13(22)11-14-6-4-10-25-14/h1-2,4,6-8,10,12-13H,3,5,9,11H2/t13-/m0/s1. The average molecular weight is 373 g/mol. The van der Waals surface area contributed by atoms with E-state index >= 15 is 0 Å². The molecular weight excluding hydrogens is 356 g/mol. The molecule has 0 saturated carbocycles. The van der Waals surface area contributed by atoms with E-state index in [0.717, 1.165) is 25.8 Å². The van der Waals surface area contributed by atoms with Crippen LogP contribution >= 0.6 is 22.9 Å². The van der Waals surface area contributed by atoms with Crippen molar-refractivity contribution < 1.29 is 9.21 Å². The van der Waals surface area contributed by atoms with Gasteiger partial charge in [-0.05, 0) is 36.4 Å². The maximum Gasteiger partial charge on any atom is 0.276 e. The first-order chi connectivity index (χ1) is 12.2. The first-order valence-corrected chi connectivity index (χ1v) is 9.52. The Labute approximate surface area is 155 Å². The van der Waals surface area contributed by atoms with Crippen LogP contribution in [0.5, 0.6) is 0 Å². The molecule has 2 aromatic heterocycles. The minimum Gasteiger partial charge on any atom is -0.444 e. The van der Waals surface area contributed by atoms with Gasteiger partial charge in [0, 0.05) is 23.9 Å². The third-order valence-electron chi connectivity index (χ3n) is 4.48. The van der Waals surface area contributed by atoms with Gasteiger partial charge in [0.05, 0.1) is 10.6 Å². The zero-order valence-electron chi connectivity index (χ0n) is 13.5. The van der Waals surface area contributed by atoms with Gasteiger partial charge in [0.2, 0.25) is 5.89 Å². The third kappa shape index (κ3) is 3.34. The smallest absolute Gasteiger partial charge is 0.276 e. The van der Waals surface area contributed by atoms with Crippen molar-refractivity contribution in [2.75, 3.05) is 6.54 Å². The average Bonchev–Trinajstić information content (AvgIpc) is 3.37. The van der Waals surface area contributed by atoms with Crippen molar-refractivity contribution in [3.05, 3.63) is 63.6 Å². The molecule has 6 heteroatoms. The van der Waals surface area contributed by atoms with Crippen LogP contribution in [0.15, 0.2) is 52.5 Å². The number of oxazole rings is 1. The first kappa shape index (κ1) is 16.4. The van der Waals surface area contributed by atoms with Crippen LogP contribution < -0.4 is 0 Å². The number of likely N-dealkylation sites (tertiary alicyclic amines) is 1. The zero-order valence-corrected chi connectivity index (χ0v) is 15.1. The highest BCUT2D eigenvalue weighted by Crippen LogP contribution is 2.29. The normalized spacial score (nSPS) is 17.2. The Morgan fingerprint density at radius 1 is 1.32 bits per heavy atom. The molecule has 4 rings (SSSR count). The van der Waals surface area contributed by atoms with Gasteiger partial charge in [-0.3, -0.25) is 4.79 Å². The molecule has 3 aromatic rings. The minimum atomic E-state index is -0.0684. The quantitative estimate of drug-likeness (QED) is 0.654. The summed E-state index contributed by atoms with van der Waals surface area (Å²) in [6.07, 6.45) is 4.38. The van der Waals surface area contributed by atoms with Gasteiger partial charge in [-0.2, -0.15) is 0 Å². The Morgan fingerprint density at radius 3 is 3.00 bits per heavy atom. The lowest BCUT2D eigenvalue weighted by molar-refractivity contribution is 0.0731. The van der Waals surface area contributed by atoms with E-state index in [2.05, 4.69) is 22.5 Å². The highest BCUT2D eigenvalue weighted by Gasteiger charge is 2.31. The summed E-state index contributed by atoms with van der Waals surface area (Å²) in [6, 6.07) is 11.7. The van der Waals surface area contributed by atoms with E-state index in [0.29, 0.717) is 22.2 Å². The number of rotatable bonds is 4. The van der Waals surface area contributed by atoms with E-state index in [-0.39, 0.29) is 11.9 Å². The second-order valence-corrected chi connectivity index (χ2v) is 7.54. The topological polar surface area (TPSA) is 46.3 Å². The molecule has 0 N–H and O–H groups in total. The van der Waals surface area contributed by atoms with E-state index in [1.807, 2.05) is 23.1 Å². The Hall–Kier alpha value is -2.11. The van der Waals surface area contributed by atoms with Crippen molar-refractivity contribution in [2.45, 2.75) is 25.3 Å². The van der Waals surface area contributed by atoms with Crippen LogP contribution in [0.2, 0.25) is 5.02 Å². The molecule has 0 unspecified atom stereocenters. The molecule has 0 spiro atoms. The predicted molar refractivity (Wildman–Crippen MR) is 99.0 cm³/mol. The number of halogens is 1. The van der Waals surface area contributed by atoms with Gasteiger partial charge in [0.15, 0.2) is 5.69 Å². The number of amides is 1. The Kier molecular flexibility index (Phi) is 4.59. The van der Waals surface area contributed by atoms with Gasteiger partial charge in [-0.15, -0.1) is 11.3 Å². The largest absolute Gasteiger partial charge is 0.444 e. The van der Waals surface area contributed by atoms with Crippen molar-refractivity contribution in [1.82, 2.24) is 9.88 Å².